The Hall–Kier alpha value is -2.22. The molecule has 3 rings (SSSR count). The average Bonchev–Trinajstić information content (AvgIpc) is 3.02. The number of amides is 1. The molecule has 0 atom stereocenters. The van der Waals surface area contributed by atoms with E-state index in [2.05, 4.69) is 20.4 Å². The fraction of sp³-hybridized carbons (Fsp3) is 0.471. The molecule has 7 nitrogen and oxygen atoms in total. The van der Waals surface area contributed by atoms with Crippen LogP contribution in [0.15, 0.2) is 21.9 Å². The summed E-state index contributed by atoms with van der Waals surface area (Å²) in [7, 11) is 0. The first-order valence-electron chi connectivity index (χ1n) is 8.12. The Morgan fingerprint density at radius 2 is 2.16 bits per heavy atom. The van der Waals surface area contributed by atoms with Crippen molar-refractivity contribution in [3.05, 3.63) is 29.2 Å². The number of hydrogen-bond acceptors (Lipinski definition) is 7. The number of carbonyl (C=O) groups is 2. The maximum atomic E-state index is 12.1. The summed E-state index contributed by atoms with van der Waals surface area (Å²) in [5.74, 6) is 0.347. The van der Waals surface area contributed by atoms with Gasteiger partial charge in [0.1, 0.15) is 0 Å². The minimum atomic E-state index is -0.223. The Bertz CT molecular complexity index is 810. The second-order valence-electron chi connectivity index (χ2n) is 6.95. The van der Waals surface area contributed by atoms with Crippen LogP contribution >= 0.6 is 11.8 Å². The van der Waals surface area contributed by atoms with Gasteiger partial charge in [-0.05, 0) is 12.8 Å². The molecule has 0 spiro atoms. The molecule has 1 aliphatic rings. The van der Waals surface area contributed by atoms with Gasteiger partial charge in [-0.2, -0.15) is 0 Å². The number of rotatable bonds is 4. The van der Waals surface area contributed by atoms with Gasteiger partial charge in [-0.3, -0.25) is 14.9 Å². The molecule has 0 unspecified atom stereocenters. The topological polar surface area (TPSA) is 98.0 Å². The van der Waals surface area contributed by atoms with Gasteiger partial charge in [-0.25, -0.2) is 9.97 Å². The zero-order valence-electron chi connectivity index (χ0n) is 14.5. The molecule has 8 heteroatoms. The zero-order chi connectivity index (χ0) is 18.0. The molecule has 1 N–H and O–H groups in total. The van der Waals surface area contributed by atoms with Crippen LogP contribution < -0.4 is 5.32 Å². The van der Waals surface area contributed by atoms with Crippen LogP contribution in [0.5, 0.6) is 0 Å². The third-order valence-corrected chi connectivity index (χ3v) is 4.70. The van der Waals surface area contributed by atoms with E-state index in [1.54, 1.807) is 12.3 Å². The molecule has 2 aromatic rings. The highest BCUT2D eigenvalue weighted by atomic mass is 32.2. The summed E-state index contributed by atoms with van der Waals surface area (Å²) in [6.07, 6.45) is 3.71. The van der Waals surface area contributed by atoms with E-state index >= 15 is 0 Å². The van der Waals surface area contributed by atoms with Gasteiger partial charge in [0.2, 0.25) is 11.8 Å². The van der Waals surface area contributed by atoms with Crippen molar-refractivity contribution in [2.24, 2.45) is 0 Å². The number of nitrogens with zero attached hydrogens (tertiary/aromatic N) is 3. The second-order valence-corrected chi connectivity index (χ2v) is 7.90. The number of Topliss-reactive ketones (excluding diaryl/α,β-unsaturated/α-hetero) is 1. The molecule has 0 fully saturated rings. The number of carbonyl (C=O) groups excluding carboxylic acids is 2. The smallest absolute Gasteiger partial charge is 0.237 e. The molecule has 1 amide bonds. The lowest BCUT2D eigenvalue weighted by Crippen LogP contribution is -2.16. The van der Waals surface area contributed by atoms with Crippen LogP contribution in [0.4, 0.5) is 5.88 Å². The molecule has 132 valence electrons. The predicted octanol–water partition coefficient (Wildman–Crippen LogP) is 3.01. The normalized spacial score (nSPS) is 14.3. The van der Waals surface area contributed by atoms with Crippen LogP contribution in [0.25, 0.3) is 0 Å². The summed E-state index contributed by atoms with van der Waals surface area (Å²) in [5, 5.41) is 7.13. The maximum absolute atomic E-state index is 12.1. The number of nitrogens with one attached hydrogen (secondary N) is 1. The van der Waals surface area contributed by atoms with Crippen molar-refractivity contribution in [1.82, 2.24) is 15.1 Å². The lowest BCUT2D eigenvalue weighted by molar-refractivity contribution is -0.113. The van der Waals surface area contributed by atoms with Crippen molar-refractivity contribution in [3.63, 3.8) is 0 Å². The number of ketones is 1. The van der Waals surface area contributed by atoms with Gasteiger partial charge in [0, 0.05) is 24.1 Å². The van der Waals surface area contributed by atoms with Gasteiger partial charge in [0.15, 0.2) is 10.9 Å². The third kappa shape index (κ3) is 4.25. The lowest BCUT2D eigenvalue weighted by Gasteiger charge is -2.13. The lowest BCUT2D eigenvalue weighted by atomic mass is 9.92. The molecule has 0 aliphatic heterocycles. The first-order chi connectivity index (χ1) is 11.8. The van der Waals surface area contributed by atoms with Crippen LogP contribution in [0.1, 0.15) is 55.4 Å². The van der Waals surface area contributed by atoms with Crippen LogP contribution in [0.2, 0.25) is 0 Å². The van der Waals surface area contributed by atoms with Gasteiger partial charge in [-0.1, -0.05) is 37.7 Å². The van der Waals surface area contributed by atoms with E-state index in [0.717, 1.165) is 24.2 Å². The average molecular weight is 360 g/mol. The molecule has 2 aromatic heterocycles. The van der Waals surface area contributed by atoms with Crippen molar-refractivity contribution < 1.29 is 14.1 Å². The quantitative estimate of drug-likeness (QED) is 0.661. The number of aryl methyl sites for hydroxylation is 1. The summed E-state index contributed by atoms with van der Waals surface area (Å²) in [4.78, 5) is 32.4. The monoisotopic (exact) mass is 360 g/mol. The summed E-state index contributed by atoms with van der Waals surface area (Å²) >= 11 is 1.23. The number of thioether (sulfide) groups is 1. The van der Waals surface area contributed by atoms with Crippen LogP contribution in [-0.4, -0.2) is 32.6 Å². The Balaban J connectivity index is 1.57. The van der Waals surface area contributed by atoms with Crippen molar-refractivity contribution in [2.75, 3.05) is 11.1 Å². The highest BCUT2D eigenvalue weighted by Crippen LogP contribution is 2.24. The van der Waals surface area contributed by atoms with E-state index in [-0.39, 0.29) is 22.9 Å². The van der Waals surface area contributed by atoms with E-state index in [1.807, 2.05) is 20.8 Å². The van der Waals surface area contributed by atoms with Crippen molar-refractivity contribution in [1.29, 1.82) is 0 Å². The first-order valence-corrected chi connectivity index (χ1v) is 9.10. The molecule has 0 radical (unpaired) electrons. The van der Waals surface area contributed by atoms with Crippen molar-refractivity contribution in [2.45, 2.75) is 50.6 Å². The van der Waals surface area contributed by atoms with E-state index in [9.17, 15) is 9.59 Å². The van der Waals surface area contributed by atoms with Crippen molar-refractivity contribution >= 4 is 29.3 Å². The summed E-state index contributed by atoms with van der Waals surface area (Å²) in [5.41, 5.74) is 2.02. The second kappa shape index (κ2) is 6.95. The van der Waals surface area contributed by atoms with Gasteiger partial charge >= 0.3 is 0 Å². The molecular weight excluding hydrogens is 340 g/mol. The number of aromatic nitrogens is 3. The Labute approximate surface area is 150 Å². The van der Waals surface area contributed by atoms with Gasteiger partial charge in [0.05, 0.1) is 22.7 Å². The largest absolute Gasteiger partial charge is 0.338 e. The SMILES string of the molecule is CC(C)(C)c1cc(NC(=O)CSc2ncc3c(n2)CCCC3=O)on1. The highest BCUT2D eigenvalue weighted by molar-refractivity contribution is 7.99. The fourth-order valence-corrected chi connectivity index (χ4v) is 3.07. The molecule has 0 aromatic carbocycles. The standard InChI is InChI=1S/C17H20N4O3S/c1-17(2,3)13-7-15(24-21-13)20-14(23)9-25-16-18-8-10-11(19-16)5-4-6-12(10)22/h7-8H,4-6,9H2,1-3H3,(H,20,23). The first kappa shape index (κ1) is 17.6. The molecule has 0 saturated heterocycles. The summed E-state index contributed by atoms with van der Waals surface area (Å²) in [6, 6.07) is 1.73. The molecule has 0 bridgehead atoms. The zero-order valence-corrected chi connectivity index (χ0v) is 15.3. The Morgan fingerprint density at radius 3 is 2.88 bits per heavy atom. The van der Waals surface area contributed by atoms with Gasteiger partial charge < -0.3 is 4.52 Å². The number of fused-ring (bicyclic) bond motifs is 1. The van der Waals surface area contributed by atoms with Crippen LogP contribution in [-0.2, 0) is 16.6 Å². The maximum Gasteiger partial charge on any atom is 0.237 e. The van der Waals surface area contributed by atoms with Crippen LogP contribution in [0.3, 0.4) is 0 Å². The minimum absolute atomic E-state index is 0.0931. The van der Waals surface area contributed by atoms with Gasteiger partial charge in [-0.15, -0.1) is 0 Å². The van der Waals surface area contributed by atoms with Gasteiger partial charge in [0.25, 0.3) is 0 Å². The van der Waals surface area contributed by atoms with Crippen molar-refractivity contribution in [3.8, 4) is 0 Å². The summed E-state index contributed by atoms with van der Waals surface area (Å²) < 4.78 is 5.14. The van der Waals surface area contributed by atoms with Crippen LogP contribution in [0, 0.1) is 0 Å². The predicted molar refractivity (Wildman–Crippen MR) is 93.9 cm³/mol. The molecule has 0 saturated carbocycles. The number of anilines is 1. The van der Waals surface area contributed by atoms with E-state index < -0.39 is 0 Å². The van der Waals surface area contributed by atoms with E-state index in [4.69, 9.17) is 4.52 Å². The Morgan fingerprint density at radius 1 is 1.36 bits per heavy atom. The third-order valence-electron chi connectivity index (χ3n) is 3.84. The number of hydrogen-bond donors (Lipinski definition) is 1. The minimum Gasteiger partial charge on any atom is -0.338 e. The molecule has 25 heavy (non-hydrogen) atoms. The van der Waals surface area contributed by atoms with E-state index in [1.165, 1.54) is 11.8 Å². The fourth-order valence-electron chi connectivity index (χ4n) is 2.43. The molecular formula is C17H20N4O3S. The molecule has 1 aliphatic carbocycles. The highest BCUT2D eigenvalue weighted by Gasteiger charge is 2.21. The summed E-state index contributed by atoms with van der Waals surface area (Å²) in [6.45, 7) is 6.05. The Kier molecular flexibility index (Phi) is 4.89. The van der Waals surface area contributed by atoms with E-state index in [0.29, 0.717) is 23.0 Å². The molecule has 2 heterocycles.